The lowest BCUT2D eigenvalue weighted by Gasteiger charge is -2.10. The van der Waals surface area contributed by atoms with Gasteiger partial charge in [0.25, 0.3) is 0 Å². The molecule has 0 radical (unpaired) electrons. The Morgan fingerprint density at radius 1 is 1.37 bits per heavy atom. The highest BCUT2D eigenvalue weighted by molar-refractivity contribution is 5.92. The van der Waals surface area contributed by atoms with Gasteiger partial charge in [0, 0.05) is 0 Å². The molecule has 1 aromatic carbocycles. The zero-order valence-electron chi connectivity index (χ0n) is 10.5. The first-order valence-corrected chi connectivity index (χ1v) is 5.79. The smallest absolute Gasteiger partial charge is 0.338 e. The van der Waals surface area contributed by atoms with Crippen LogP contribution in [0.2, 0.25) is 0 Å². The van der Waals surface area contributed by atoms with Crippen molar-refractivity contribution in [3.63, 3.8) is 0 Å². The second kappa shape index (κ2) is 5.81. The fourth-order valence-electron chi connectivity index (χ4n) is 1.53. The van der Waals surface area contributed by atoms with Crippen molar-refractivity contribution in [2.75, 3.05) is 17.7 Å². The fourth-order valence-corrected chi connectivity index (χ4v) is 1.53. The quantitative estimate of drug-likeness (QED) is 0.643. The van der Waals surface area contributed by atoms with Crippen LogP contribution in [-0.2, 0) is 4.74 Å². The molecule has 6 nitrogen and oxygen atoms in total. The summed E-state index contributed by atoms with van der Waals surface area (Å²) < 4.78 is 4.94. The maximum Gasteiger partial charge on any atom is 0.338 e. The van der Waals surface area contributed by atoms with Crippen LogP contribution in [0.15, 0.2) is 36.9 Å². The van der Waals surface area contributed by atoms with Crippen molar-refractivity contribution in [2.24, 2.45) is 0 Å². The topological polar surface area (TPSA) is 90.1 Å². The molecule has 0 aliphatic rings. The van der Waals surface area contributed by atoms with Crippen LogP contribution < -0.4 is 11.1 Å². The number of nitrogen functional groups attached to an aromatic ring is 1. The molecule has 0 saturated heterocycles. The number of nitrogens with two attached hydrogens (primary N) is 1. The number of rotatable bonds is 4. The summed E-state index contributed by atoms with van der Waals surface area (Å²) in [5, 5.41) is 3.05. The van der Waals surface area contributed by atoms with Crippen LogP contribution in [-0.4, -0.2) is 22.5 Å². The first kappa shape index (κ1) is 12.8. The van der Waals surface area contributed by atoms with Crippen LogP contribution >= 0.6 is 0 Å². The molecule has 2 aromatic rings. The predicted molar refractivity (Wildman–Crippen MR) is 72.1 cm³/mol. The van der Waals surface area contributed by atoms with E-state index in [1.165, 1.54) is 6.33 Å². The lowest BCUT2D eigenvalue weighted by molar-refractivity contribution is 0.0526. The molecule has 0 atom stereocenters. The minimum Gasteiger partial charge on any atom is -0.462 e. The van der Waals surface area contributed by atoms with E-state index >= 15 is 0 Å². The summed E-state index contributed by atoms with van der Waals surface area (Å²) in [5.41, 5.74) is 8.12. The second-order valence-electron chi connectivity index (χ2n) is 3.77. The number of carbonyl (C=O) groups is 1. The van der Waals surface area contributed by atoms with Crippen LogP contribution in [0, 0.1) is 0 Å². The highest BCUT2D eigenvalue weighted by Gasteiger charge is 2.09. The van der Waals surface area contributed by atoms with Crippen LogP contribution in [0.5, 0.6) is 0 Å². The number of hydrogen-bond acceptors (Lipinski definition) is 6. The van der Waals surface area contributed by atoms with Crippen molar-refractivity contribution < 1.29 is 9.53 Å². The van der Waals surface area contributed by atoms with E-state index in [9.17, 15) is 4.79 Å². The molecular formula is C13H14N4O2. The number of ether oxygens (including phenoxy) is 1. The number of nitrogens with zero attached hydrogens (tertiary/aromatic N) is 2. The van der Waals surface area contributed by atoms with Gasteiger partial charge in [-0.3, -0.25) is 0 Å². The molecule has 0 unspecified atom stereocenters. The number of anilines is 3. The van der Waals surface area contributed by atoms with Crippen molar-refractivity contribution in [3.05, 3.63) is 42.5 Å². The van der Waals surface area contributed by atoms with Gasteiger partial charge in [0.05, 0.1) is 41.6 Å². The summed E-state index contributed by atoms with van der Waals surface area (Å²) in [4.78, 5) is 19.4. The molecule has 1 aromatic heterocycles. The van der Waals surface area contributed by atoms with E-state index < -0.39 is 0 Å². The van der Waals surface area contributed by atoms with Gasteiger partial charge in [-0.25, -0.2) is 14.8 Å². The lowest BCUT2D eigenvalue weighted by atomic mass is 10.1. The van der Waals surface area contributed by atoms with E-state index in [2.05, 4.69) is 15.3 Å². The van der Waals surface area contributed by atoms with Gasteiger partial charge in [-0.15, -0.1) is 0 Å². The van der Waals surface area contributed by atoms with Gasteiger partial charge in [-0.1, -0.05) is 0 Å². The van der Waals surface area contributed by atoms with E-state index in [1.807, 2.05) is 0 Å². The van der Waals surface area contributed by atoms with E-state index in [1.54, 1.807) is 37.5 Å². The average Bonchev–Trinajstić information content (AvgIpc) is 2.42. The van der Waals surface area contributed by atoms with Crippen molar-refractivity contribution in [2.45, 2.75) is 6.92 Å². The summed E-state index contributed by atoms with van der Waals surface area (Å²) >= 11 is 0. The molecule has 6 heteroatoms. The molecule has 0 fully saturated rings. The highest BCUT2D eigenvalue weighted by Crippen LogP contribution is 2.24. The monoisotopic (exact) mass is 258 g/mol. The fraction of sp³-hybridized carbons (Fsp3) is 0.154. The zero-order valence-corrected chi connectivity index (χ0v) is 10.5. The molecular weight excluding hydrogens is 244 g/mol. The minimum absolute atomic E-state index is 0.332. The van der Waals surface area contributed by atoms with Gasteiger partial charge >= 0.3 is 5.97 Å². The van der Waals surface area contributed by atoms with Crippen molar-refractivity contribution in [1.29, 1.82) is 0 Å². The van der Waals surface area contributed by atoms with Gasteiger partial charge < -0.3 is 15.8 Å². The zero-order chi connectivity index (χ0) is 13.7. The Morgan fingerprint density at radius 2 is 2.11 bits per heavy atom. The first-order valence-electron chi connectivity index (χ1n) is 5.79. The maximum atomic E-state index is 11.6. The SMILES string of the molecule is CCOC(=O)c1ccc(N)c(Nc2cncnc2)c1. The van der Waals surface area contributed by atoms with Crippen molar-refractivity contribution in [1.82, 2.24) is 9.97 Å². The van der Waals surface area contributed by atoms with Gasteiger partial charge in [0.1, 0.15) is 6.33 Å². The van der Waals surface area contributed by atoms with Gasteiger partial charge in [-0.05, 0) is 25.1 Å². The average molecular weight is 258 g/mol. The number of hydrogen-bond donors (Lipinski definition) is 2. The third-order valence-electron chi connectivity index (χ3n) is 2.40. The number of aromatic nitrogens is 2. The van der Waals surface area contributed by atoms with Crippen LogP contribution in [0.1, 0.15) is 17.3 Å². The molecule has 0 aliphatic heterocycles. The first-order chi connectivity index (χ1) is 9.20. The predicted octanol–water partition coefficient (Wildman–Crippen LogP) is 1.98. The van der Waals surface area contributed by atoms with Crippen LogP contribution in [0.4, 0.5) is 17.1 Å². The molecule has 3 N–H and O–H groups in total. The Bertz CT molecular complexity index is 572. The maximum absolute atomic E-state index is 11.6. The third kappa shape index (κ3) is 3.19. The molecule has 19 heavy (non-hydrogen) atoms. The Kier molecular flexibility index (Phi) is 3.92. The van der Waals surface area contributed by atoms with Gasteiger partial charge in [-0.2, -0.15) is 0 Å². The molecule has 98 valence electrons. The Labute approximate surface area is 110 Å². The molecule has 0 bridgehead atoms. The molecule has 0 spiro atoms. The summed E-state index contributed by atoms with van der Waals surface area (Å²) in [6.07, 6.45) is 4.66. The molecule has 2 rings (SSSR count). The van der Waals surface area contributed by atoms with E-state index in [0.29, 0.717) is 29.2 Å². The molecule has 0 saturated carbocycles. The van der Waals surface area contributed by atoms with Crippen LogP contribution in [0.25, 0.3) is 0 Å². The molecule has 0 aliphatic carbocycles. The summed E-state index contributed by atoms with van der Waals surface area (Å²) in [6, 6.07) is 4.92. The highest BCUT2D eigenvalue weighted by atomic mass is 16.5. The van der Waals surface area contributed by atoms with Crippen molar-refractivity contribution >= 4 is 23.0 Å². The number of carbonyl (C=O) groups excluding carboxylic acids is 1. The summed E-state index contributed by atoms with van der Waals surface area (Å²) in [5.74, 6) is -0.380. The second-order valence-corrected chi connectivity index (χ2v) is 3.77. The Hall–Kier alpha value is -2.63. The lowest BCUT2D eigenvalue weighted by Crippen LogP contribution is -2.06. The molecule has 1 heterocycles. The minimum atomic E-state index is -0.380. The van der Waals surface area contributed by atoms with Crippen LogP contribution in [0.3, 0.4) is 0 Å². The van der Waals surface area contributed by atoms with Crippen molar-refractivity contribution in [3.8, 4) is 0 Å². The largest absolute Gasteiger partial charge is 0.462 e. The third-order valence-corrected chi connectivity index (χ3v) is 2.40. The number of benzene rings is 1. The summed E-state index contributed by atoms with van der Waals surface area (Å²) in [7, 11) is 0. The van der Waals surface area contributed by atoms with Gasteiger partial charge in [0.2, 0.25) is 0 Å². The van der Waals surface area contributed by atoms with Gasteiger partial charge in [0.15, 0.2) is 0 Å². The normalized spacial score (nSPS) is 9.95. The van der Waals surface area contributed by atoms with E-state index in [0.717, 1.165) is 0 Å². The molecule has 0 amide bonds. The Morgan fingerprint density at radius 3 is 2.79 bits per heavy atom. The standard InChI is InChI=1S/C13H14N4O2/c1-2-19-13(18)9-3-4-11(14)12(5-9)17-10-6-15-8-16-7-10/h3-8,17H,2,14H2,1H3. The van der Waals surface area contributed by atoms with E-state index in [4.69, 9.17) is 10.5 Å². The number of esters is 1. The van der Waals surface area contributed by atoms with E-state index in [-0.39, 0.29) is 5.97 Å². The Balaban J connectivity index is 2.25. The summed E-state index contributed by atoms with van der Waals surface area (Å²) in [6.45, 7) is 2.09. The number of nitrogens with one attached hydrogen (secondary N) is 1.